The van der Waals surface area contributed by atoms with Crippen LogP contribution < -0.4 is 10.1 Å². The second-order valence-corrected chi connectivity index (χ2v) is 19.7. The van der Waals surface area contributed by atoms with Crippen LogP contribution in [0.3, 0.4) is 0 Å². The van der Waals surface area contributed by atoms with Crippen molar-refractivity contribution in [3.8, 4) is 5.75 Å². The molecule has 2 fully saturated rings. The first-order valence-corrected chi connectivity index (χ1v) is 21.4. The van der Waals surface area contributed by atoms with Crippen LogP contribution in [0.4, 0.5) is 0 Å². The Bertz CT molecular complexity index is 1200. The van der Waals surface area contributed by atoms with Gasteiger partial charge in [0.25, 0.3) is 11.8 Å². The fraction of sp³-hybridized carbons (Fsp3) is 0.686. The monoisotopic (exact) mass is 694 g/mol. The molecule has 0 spiro atoms. The number of esters is 1. The van der Waals surface area contributed by atoms with E-state index in [2.05, 4.69) is 26.1 Å². The molecule has 2 heterocycles. The summed E-state index contributed by atoms with van der Waals surface area (Å²) in [7, 11) is 0. The maximum atomic E-state index is 14.3. The molecule has 1 aromatic carbocycles. The van der Waals surface area contributed by atoms with Crippen molar-refractivity contribution in [1.82, 2.24) is 10.2 Å². The average molecular weight is 695 g/mol. The van der Waals surface area contributed by atoms with E-state index in [9.17, 15) is 19.2 Å². The van der Waals surface area contributed by atoms with Crippen LogP contribution in [0.15, 0.2) is 30.3 Å². The van der Waals surface area contributed by atoms with Crippen LogP contribution in [0.1, 0.15) is 92.9 Å². The van der Waals surface area contributed by atoms with Gasteiger partial charge in [0.1, 0.15) is 28.2 Å². The number of nitrogens with one attached hydrogen (secondary N) is 1. The van der Waals surface area contributed by atoms with Crippen LogP contribution in [-0.4, -0.2) is 92.7 Å². The minimum absolute atomic E-state index is 0.0383. The van der Waals surface area contributed by atoms with E-state index >= 15 is 0 Å². The van der Waals surface area contributed by atoms with Gasteiger partial charge in [-0.25, -0.2) is 4.79 Å². The predicted octanol–water partition coefficient (Wildman–Crippen LogP) is 6.81. The summed E-state index contributed by atoms with van der Waals surface area (Å²) >= 11 is 3.05. The van der Waals surface area contributed by atoms with Crippen molar-refractivity contribution in [3.63, 3.8) is 0 Å². The van der Waals surface area contributed by atoms with Crippen molar-refractivity contribution in [2.75, 3.05) is 36.6 Å². The van der Waals surface area contributed by atoms with Crippen molar-refractivity contribution in [2.24, 2.45) is 0 Å². The lowest BCUT2D eigenvalue weighted by Crippen LogP contribution is -2.72. The van der Waals surface area contributed by atoms with Crippen molar-refractivity contribution < 1.29 is 28.7 Å². The summed E-state index contributed by atoms with van der Waals surface area (Å²) in [6.45, 7) is 9.62. The third-order valence-corrected chi connectivity index (χ3v) is 15.8. The number of nitrogens with zero attached hydrogens (tertiary/aromatic N) is 1. The maximum Gasteiger partial charge on any atom is 0.355 e. The number of benzene rings is 1. The van der Waals surface area contributed by atoms with E-state index in [4.69, 9.17) is 9.47 Å². The Labute approximate surface area is 285 Å². The average Bonchev–Trinajstić information content (AvgIpc) is 3.57. The Balaban J connectivity index is 2.04. The number of carbonyl (C=O) groups is 4. The largest absolute Gasteiger partial charge is 0.484 e. The van der Waals surface area contributed by atoms with E-state index in [0.29, 0.717) is 11.2 Å². The number of thioether (sulfide) groups is 2. The minimum atomic E-state index is -2.17. The molecule has 0 aromatic heterocycles. The topological polar surface area (TPSA) is 102 Å². The number of likely N-dealkylation sites (tertiary alicyclic amines) is 1. The van der Waals surface area contributed by atoms with Gasteiger partial charge in [0.15, 0.2) is 12.4 Å². The molecule has 1 N–H and O–H groups in total. The lowest BCUT2D eigenvalue weighted by atomic mass is 10.1. The SMILES string of the molecule is CCCCP(CCCC)(CCCC)=C(C(=O)OC(C)(C)C)N1C(=O)[C@@H](NC(=O)COc2ccccc2)[C@H]1SCC(=O)C1CCCS1. The Morgan fingerprint density at radius 1 is 1.00 bits per heavy atom. The highest BCUT2D eigenvalue weighted by atomic mass is 32.2. The zero-order valence-corrected chi connectivity index (χ0v) is 31.2. The van der Waals surface area contributed by atoms with E-state index in [-0.39, 0.29) is 29.3 Å². The lowest BCUT2D eigenvalue weighted by Gasteiger charge is -2.49. The van der Waals surface area contributed by atoms with Gasteiger partial charge in [-0.2, -0.15) is 11.8 Å². The van der Waals surface area contributed by atoms with Gasteiger partial charge in [-0.1, -0.05) is 65.1 Å². The molecule has 1 aromatic rings. The Morgan fingerprint density at radius 2 is 1.61 bits per heavy atom. The first kappa shape index (κ1) is 38.5. The molecule has 8 nitrogen and oxygen atoms in total. The molecule has 0 saturated carbocycles. The highest BCUT2D eigenvalue weighted by molar-refractivity contribution is 8.02. The smallest absolute Gasteiger partial charge is 0.355 e. The molecule has 46 heavy (non-hydrogen) atoms. The van der Waals surface area contributed by atoms with E-state index in [1.165, 1.54) is 11.8 Å². The van der Waals surface area contributed by atoms with Gasteiger partial charge in [0.05, 0.1) is 11.0 Å². The van der Waals surface area contributed by atoms with Crippen LogP contribution in [0, 0.1) is 0 Å². The molecule has 258 valence electrons. The van der Waals surface area contributed by atoms with Gasteiger partial charge in [0, 0.05) is 0 Å². The number of para-hydroxylation sites is 1. The number of hydrogen-bond acceptors (Lipinski definition) is 8. The number of ether oxygens (including phenoxy) is 2. The second kappa shape index (κ2) is 18.6. The van der Waals surface area contributed by atoms with Gasteiger partial charge in [-0.05, 0) is 89.2 Å². The van der Waals surface area contributed by atoms with Gasteiger partial charge >= 0.3 is 5.97 Å². The van der Waals surface area contributed by atoms with Gasteiger partial charge in [0.2, 0.25) is 0 Å². The first-order valence-electron chi connectivity index (χ1n) is 17.0. The molecule has 2 aliphatic rings. The molecule has 3 rings (SSSR count). The predicted molar refractivity (Wildman–Crippen MR) is 195 cm³/mol. The maximum absolute atomic E-state index is 14.3. The first-order chi connectivity index (χ1) is 22.0. The van der Waals surface area contributed by atoms with Crippen LogP contribution >= 0.6 is 30.4 Å². The molecule has 0 radical (unpaired) electrons. The summed E-state index contributed by atoms with van der Waals surface area (Å²) in [5.41, 5.74) is -0.235. The number of ketones is 1. The molecule has 2 amide bonds. The third-order valence-electron chi connectivity index (χ3n) is 8.24. The van der Waals surface area contributed by atoms with Crippen molar-refractivity contribution >= 4 is 59.4 Å². The zero-order chi connectivity index (χ0) is 33.7. The van der Waals surface area contributed by atoms with Gasteiger partial charge < -0.3 is 14.8 Å². The van der Waals surface area contributed by atoms with Crippen molar-refractivity contribution in [1.29, 1.82) is 0 Å². The van der Waals surface area contributed by atoms with Crippen molar-refractivity contribution in [2.45, 2.75) is 115 Å². The number of rotatable bonds is 19. The molecule has 11 heteroatoms. The number of unbranched alkanes of at least 4 members (excludes halogenated alkanes) is 3. The molecular weight excluding hydrogens is 640 g/mol. The fourth-order valence-corrected chi connectivity index (χ4v) is 13.7. The van der Waals surface area contributed by atoms with E-state index in [0.717, 1.165) is 75.6 Å². The summed E-state index contributed by atoms with van der Waals surface area (Å²) in [4.78, 5) is 56.5. The molecule has 3 atom stereocenters. The number of Topliss-reactive ketones (excluding diaryl/α,β-unsaturated/α-hetero) is 1. The number of amides is 2. The normalized spacial score (nSPS) is 19.8. The Morgan fingerprint density at radius 3 is 2.13 bits per heavy atom. The molecule has 0 bridgehead atoms. The number of carbonyl (C=O) groups excluding carboxylic acids is 4. The van der Waals surface area contributed by atoms with Gasteiger partial charge in [-0.3, -0.25) is 19.3 Å². The minimum Gasteiger partial charge on any atom is -0.484 e. The fourth-order valence-electron chi connectivity index (χ4n) is 5.85. The highest BCUT2D eigenvalue weighted by Crippen LogP contribution is 2.54. The van der Waals surface area contributed by atoms with Crippen LogP contribution in [0.5, 0.6) is 5.75 Å². The summed E-state index contributed by atoms with van der Waals surface area (Å²) in [6, 6.07) is 8.18. The molecular formula is C35H55N2O6PS2. The molecule has 1 unspecified atom stereocenters. The second-order valence-electron chi connectivity index (χ2n) is 13.2. The zero-order valence-electron chi connectivity index (χ0n) is 28.7. The number of hydrogen-bond donors (Lipinski definition) is 1. The van der Waals surface area contributed by atoms with Crippen LogP contribution in [0.2, 0.25) is 0 Å². The quantitative estimate of drug-likeness (QED) is 0.0959. The summed E-state index contributed by atoms with van der Waals surface area (Å²) in [5.74, 6) is 0.722. The summed E-state index contributed by atoms with van der Waals surface area (Å²) < 4.78 is 11.7. The summed E-state index contributed by atoms with van der Waals surface area (Å²) in [5, 5.41) is 2.26. The molecule has 2 saturated heterocycles. The molecule has 0 aliphatic carbocycles. The van der Waals surface area contributed by atoms with E-state index < -0.39 is 35.8 Å². The number of β-lactam (4-membered cyclic amide) rings is 1. The lowest BCUT2D eigenvalue weighted by molar-refractivity contribution is -0.151. The Hall–Kier alpha value is -1.90. The van der Waals surface area contributed by atoms with Crippen LogP contribution in [0.25, 0.3) is 0 Å². The highest BCUT2D eigenvalue weighted by Gasteiger charge is 2.54. The molecule has 2 aliphatic heterocycles. The van der Waals surface area contributed by atoms with Gasteiger partial charge in [-0.15, -0.1) is 11.8 Å². The summed E-state index contributed by atoms with van der Waals surface area (Å²) in [6.07, 6.45) is 10.4. The van der Waals surface area contributed by atoms with Crippen molar-refractivity contribution in [3.05, 3.63) is 30.3 Å². The van der Waals surface area contributed by atoms with Crippen LogP contribution in [-0.2, 0) is 23.9 Å². The van der Waals surface area contributed by atoms with E-state index in [1.54, 1.807) is 28.8 Å². The standard InChI is InChI=1S/C35H55N2O6PS2/c1-7-10-20-44(21-11-8-2,22-12-9-3)32(34(41)43-35(4,5)6)37-31(40)30(33(37)46-25-27(38)28-19-16-23-45-28)36-29(39)24-42-26-17-14-13-15-18-26/h13-15,17-18,28,30,33H,7-12,16,19-25H2,1-6H3,(H,36,39)/t28?,30-,33-/m1/s1. The van der Waals surface area contributed by atoms with E-state index in [1.807, 2.05) is 39.0 Å². The third kappa shape index (κ3) is 10.8. The Kier molecular flexibility index (Phi) is 15.6.